The third kappa shape index (κ3) is 3.97. The van der Waals surface area contributed by atoms with Crippen LogP contribution in [0.25, 0.3) is 0 Å². The molecule has 0 saturated carbocycles. The van der Waals surface area contributed by atoms with Gasteiger partial charge in [-0.1, -0.05) is 30.3 Å². The highest BCUT2D eigenvalue weighted by atomic mass is 16.5. The van der Waals surface area contributed by atoms with Crippen molar-refractivity contribution >= 4 is 5.91 Å². The van der Waals surface area contributed by atoms with Crippen LogP contribution in [0.1, 0.15) is 24.8 Å². The Balaban J connectivity index is 1.51. The van der Waals surface area contributed by atoms with Gasteiger partial charge in [-0.3, -0.25) is 9.69 Å². The lowest BCUT2D eigenvalue weighted by Crippen LogP contribution is -2.45. The van der Waals surface area contributed by atoms with Crippen LogP contribution in [-0.4, -0.2) is 66.3 Å². The Labute approximate surface area is 144 Å². The molecule has 1 N–H and O–H groups in total. The van der Waals surface area contributed by atoms with Crippen molar-refractivity contribution in [3.8, 4) is 0 Å². The first-order chi connectivity index (χ1) is 11.7. The van der Waals surface area contributed by atoms with Crippen LogP contribution in [-0.2, 0) is 16.1 Å². The number of ether oxygens (including phenoxy) is 1. The molecule has 5 heteroatoms. The van der Waals surface area contributed by atoms with Crippen molar-refractivity contribution in [3.63, 3.8) is 0 Å². The molecule has 0 radical (unpaired) electrons. The third-order valence-electron chi connectivity index (χ3n) is 5.39. The average molecular weight is 332 g/mol. The molecule has 2 heterocycles. The normalized spacial score (nSPS) is 26.0. The van der Waals surface area contributed by atoms with Crippen molar-refractivity contribution in [2.24, 2.45) is 5.92 Å². The number of methoxy groups -OCH3 is 1. The van der Waals surface area contributed by atoms with Gasteiger partial charge in [-0.15, -0.1) is 0 Å². The van der Waals surface area contributed by atoms with Crippen LogP contribution in [0.4, 0.5) is 0 Å². The monoisotopic (exact) mass is 332 g/mol. The smallest absolute Gasteiger partial charge is 0.226 e. The lowest BCUT2D eigenvalue weighted by molar-refractivity contribution is -0.139. The number of piperidine rings is 1. The molecule has 5 nitrogen and oxygen atoms in total. The van der Waals surface area contributed by atoms with Crippen LogP contribution in [0.15, 0.2) is 30.3 Å². The number of nitrogens with zero attached hydrogens (tertiary/aromatic N) is 2. The van der Waals surface area contributed by atoms with E-state index in [4.69, 9.17) is 4.74 Å². The zero-order chi connectivity index (χ0) is 16.9. The van der Waals surface area contributed by atoms with Crippen molar-refractivity contribution in [2.45, 2.75) is 38.0 Å². The fraction of sp³-hybridized carbons (Fsp3) is 0.632. The van der Waals surface area contributed by atoms with Gasteiger partial charge in [0.25, 0.3) is 0 Å². The number of likely N-dealkylation sites (tertiary alicyclic amines) is 2. The Hall–Kier alpha value is -1.43. The molecular weight excluding hydrogens is 304 g/mol. The van der Waals surface area contributed by atoms with E-state index in [0.717, 1.165) is 38.9 Å². The van der Waals surface area contributed by atoms with Crippen molar-refractivity contribution in [1.82, 2.24) is 9.80 Å². The molecule has 0 spiro atoms. The minimum Gasteiger partial charge on any atom is -0.394 e. The van der Waals surface area contributed by atoms with Gasteiger partial charge in [0.15, 0.2) is 0 Å². The molecule has 132 valence electrons. The minimum absolute atomic E-state index is 0.0262. The van der Waals surface area contributed by atoms with E-state index in [2.05, 4.69) is 29.2 Å². The summed E-state index contributed by atoms with van der Waals surface area (Å²) in [5, 5.41) is 9.55. The van der Waals surface area contributed by atoms with Gasteiger partial charge in [0.05, 0.1) is 18.8 Å². The van der Waals surface area contributed by atoms with E-state index >= 15 is 0 Å². The predicted molar refractivity (Wildman–Crippen MR) is 92.4 cm³/mol. The number of hydrogen-bond acceptors (Lipinski definition) is 4. The average Bonchev–Trinajstić information content (AvgIpc) is 3.06. The molecule has 24 heavy (non-hydrogen) atoms. The summed E-state index contributed by atoms with van der Waals surface area (Å²) in [6.07, 6.45) is 2.60. The summed E-state index contributed by atoms with van der Waals surface area (Å²) >= 11 is 0. The summed E-state index contributed by atoms with van der Waals surface area (Å²) in [6.45, 7) is 3.51. The third-order valence-corrected chi connectivity index (χ3v) is 5.39. The van der Waals surface area contributed by atoms with Crippen LogP contribution in [0.2, 0.25) is 0 Å². The zero-order valence-corrected chi connectivity index (χ0v) is 14.4. The SMILES string of the molecule is CO[C@@H]1C[C@@H](CO)N(C(=O)C2CCN(Cc3ccccc3)CC2)C1. The van der Waals surface area contributed by atoms with Crippen LogP contribution < -0.4 is 0 Å². The highest BCUT2D eigenvalue weighted by Gasteiger charge is 2.38. The molecule has 0 unspecified atom stereocenters. The van der Waals surface area contributed by atoms with Crippen molar-refractivity contribution in [2.75, 3.05) is 33.4 Å². The molecule has 0 aromatic heterocycles. The molecule has 1 amide bonds. The lowest BCUT2D eigenvalue weighted by Gasteiger charge is -2.34. The summed E-state index contributed by atoms with van der Waals surface area (Å²) in [7, 11) is 1.68. The molecule has 3 rings (SSSR count). The maximum absolute atomic E-state index is 12.8. The Bertz CT molecular complexity index is 529. The lowest BCUT2D eigenvalue weighted by atomic mass is 9.94. The van der Waals surface area contributed by atoms with Crippen molar-refractivity contribution < 1.29 is 14.6 Å². The number of rotatable bonds is 5. The minimum atomic E-state index is -0.0789. The topological polar surface area (TPSA) is 53.0 Å². The number of aliphatic hydroxyl groups is 1. The van der Waals surface area contributed by atoms with Gasteiger partial charge >= 0.3 is 0 Å². The Morgan fingerprint density at radius 1 is 1.25 bits per heavy atom. The number of aliphatic hydroxyl groups excluding tert-OH is 1. The van der Waals surface area contributed by atoms with Crippen LogP contribution >= 0.6 is 0 Å². The van der Waals surface area contributed by atoms with E-state index in [1.807, 2.05) is 11.0 Å². The summed E-state index contributed by atoms with van der Waals surface area (Å²) in [4.78, 5) is 17.1. The van der Waals surface area contributed by atoms with Gasteiger partial charge in [-0.25, -0.2) is 0 Å². The standard InChI is InChI=1S/C19H28N2O3/c1-24-18-11-17(14-22)21(13-18)19(23)16-7-9-20(10-8-16)12-15-5-3-2-4-6-15/h2-6,16-18,22H,7-14H2,1H3/t17-,18+/m0/s1. The highest BCUT2D eigenvalue weighted by Crippen LogP contribution is 2.26. The quantitative estimate of drug-likeness (QED) is 0.888. The summed E-state index contributed by atoms with van der Waals surface area (Å²) in [5.41, 5.74) is 1.32. The number of carbonyl (C=O) groups is 1. The maximum atomic E-state index is 12.8. The number of carbonyl (C=O) groups excluding carboxylic acids is 1. The second-order valence-electron chi connectivity index (χ2n) is 6.96. The summed E-state index contributed by atoms with van der Waals surface area (Å²) in [6, 6.07) is 10.4. The molecule has 0 bridgehead atoms. The fourth-order valence-electron chi connectivity index (χ4n) is 3.90. The first-order valence-electron chi connectivity index (χ1n) is 8.91. The number of amides is 1. The molecule has 0 aliphatic carbocycles. The largest absolute Gasteiger partial charge is 0.394 e. The zero-order valence-electron chi connectivity index (χ0n) is 14.4. The van der Waals surface area contributed by atoms with Crippen LogP contribution in [0.5, 0.6) is 0 Å². The number of benzene rings is 1. The molecule has 1 aromatic rings. The second kappa shape index (κ2) is 8.10. The van der Waals surface area contributed by atoms with Crippen LogP contribution in [0, 0.1) is 5.92 Å². The van der Waals surface area contributed by atoms with E-state index in [0.29, 0.717) is 6.54 Å². The molecule has 1 aromatic carbocycles. The second-order valence-corrected chi connectivity index (χ2v) is 6.96. The van der Waals surface area contributed by atoms with Gasteiger partial charge in [0, 0.05) is 26.1 Å². The molecular formula is C19H28N2O3. The molecule has 2 saturated heterocycles. The first-order valence-corrected chi connectivity index (χ1v) is 8.91. The summed E-state index contributed by atoms with van der Waals surface area (Å²) < 4.78 is 5.38. The van der Waals surface area contributed by atoms with Gasteiger partial charge in [0.2, 0.25) is 5.91 Å². The Morgan fingerprint density at radius 3 is 2.58 bits per heavy atom. The van der Waals surface area contributed by atoms with E-state index in [9.17, 15) is 9.90 Å². The van der Waals surface area contributed by atoms with Gasteiger partial charge in [-0.05, 0) is 37.9 Å². The molecule has 2 fully saturated rings. The Kier molecular flexibility index (Phi) is 5.87. The molecule has 2 aliphatic rings. The van der Waals surface area contributed by atoms with Gasteiger partial charge in [0.1, 0.15) is 0 Å². The van der Waals surface area contributed by atoms with Crippen molar-refractivity contribution in [1.29, 1.82) is 0 Å². The fourth-order valence-corrected chi connectivity index (χ4v) is 3.90. The van der Waals surface area contributed by atoms with E-state index in [-0.39, 0.29) is 30.6 Å². The summed E-state index contributed by atoms with van der Waals surface area (Å²) in [5.74, 6) is 0.287. The van der Waals surface area contributed by atoms with E-state index in [1.165, 1.54) is 5.56 Å². The molecule has 2 aliphatic heterocycles. The van der Waals surface area contributed by atoms with E-state index in [1.54, 1.807) is 7.11 Å². The highest BCUT2D eigenvalue weighted by molar-refractivity contribution is 5.79. The van der Waals surface area contributed by atoms with Crippen molar-refractivity contribution in [3.05, 3.63) is 35.9 Å². The molecule has 2 atom stereocenters. The maximum Gasteiger partial charge on any atom is 0.226 e. The Morgan fingerprint density at radius 2 is 1.96 bits per heavy atom. The van der Waals surface area contributed by atoms with Crippen LogP contribution in [0.3, 0.4) is 0 Å². The first kappa shape index (κ1) is 17.4. The van der Waals surface area contributed by atoms with E-state index < -0.39 is 0 Å². The van der Waals surface area contributed by atoms with Gasteiger partial charge in [-0.2, -0.15) is 0 Å². The van der Waals surface area contributed by atoms with Gasteiger partial charge < -0.3 is 14.7 Å². The predicted octanol–water partition coefficient (Wildman–Crippen LogP) is 1.51. The number of hydrogen-bond donors (Lipinski definition) is 1.